The standard InChI is InChI=1S/C15H9BrClNO2S/c1-8(19)12-6-11-13(21-12)7-18-15(17)14(11)20-10-4-2-9(16)3-5-10/h2-7H,1H3. The summed E-state index contributed by atoms with van der Waals surface area (Å²) >= 11 is 10.9. The third kappa shape index (κ3) is 2.95. The molecular weight excluding hydrogens is 374 g/mol. The number of benzene rings is 1. The van der Waals surface area contributed by atoms with E-state index < -0.39 is 0 Å². The van der Waals surface area contributed by atoms with Gasteiger partial charge in [0.2, 0.25) is 0 Å². The predicted octanol–water partition coefficient (Wildman–Crippen LogP) is 5.71. The molecule has 3 rings (SSSR count). The number of Topliss-reactive ketones (excluding diaryl/α,β-unsaturated/α-hetero) is 1. The zero-order valence-corrected chi connectivity index (χ0v) is 14.1. The van der Waals surface area contributed by atoms with Gasteiger partial charge in [0.25, 0.3) is 0 Å². The number of nitrogens with zero attached hydrogens (tertiary/aromatic N) is 1. The molecule has 0 saturated carbocycles. The Balaban J connectivity index is 2.09. The van der Waals surface area contributed by atoms with E-state index >= 15 is 0 Å². The fourth-order valence-corrected chi connectivity index (χ4v) is 3.23. The van der Waals surface area contributed by atoms with Gasteiger partial charge >= 0.3 is 0 Å². The molecule has 1 aromatic carbocycles. The molecule has 0 saturated heterocycles. The first-order valence-corrected chi connectivity index (χ1v) is 8.06. The van der Waals surface area contributed by atoms with Crippen molar-refractivity contribution in [2.24, 2.45) is 0 Å². The van der Waals surface area contributed by atoms with Gasteiger partial charge in [-0.3, -0.25) is 4.79 Å². The molecule has 21 heavy (non-hydrogen) atoms. The van der Waals surface area contributed by atoms with Crippen LogP contribution in [0.25, 0.3) is 10.1 Å². The second kappa shape index (κ2) is 5.75. The van der Waals surface area contributed by atoms with Gasteiger partial charge in [-0.05, 0) is 37.3 Å². The van der Waals surface area contributed by atoms with E-state index in [1.807, 2.05) is 24.3 Å². The number of thiophene rings is 1. The van der Waals surface area contributed by atoms with Crippen LogP contribution < -0.4 is 4.74 Å². The molecule has 3 aromatic rings. The summed E-state index contributed by atoms with van der Waals surface area (Å²) in [6.07, 6.45) is 1.66. The summed E-state index contributed by atoms with van der Waals surface area (Å²) in [7, 11) is 0. The van der Waals surface area contributed by atoms with Crippen LogP contribution in [0.5, 0.6) is 11.5 Å². The maximum absolute atomic E-state index is 11.5. The van der Waals surface area contributed by atoms with E-state index in [0.29, 0.717) is 16.4 Å². The first-order valence-electron chi connectivity index (χ1n) is 6.07. The molecule has 106 valence electrons. The summed E-state index contributed by atoms with van der Waals surface area (Å²) in [6.45, 7) is 1.54. The second-order valence-corrected chi connectivity index (χ2v) is 6.74. The fraction of sp³-hybridized carbons (Fsp3) is 0.0667. The molecule has 0 radical (unpaired) electrons. The molecule has 3 nitrogen and oxygen atoms in total. The molecule has 0 bridgehead atoms. The highest BCUT2D eigenvalue weighted by Crippen LogP contribution is 2.39. The summed E-state index contributed by atoms with van der Waals surface area (Å²) in [6, 6.07) is 9.22. The number of aromatic nitrogens is 1. The Labute approximate surface area is 138 Å². The molecular formula is C15H9BrClNO2S. The number of halogens is 2. The van der Waals surface area contributed by atoms with Gasteiger partial charge in [0.05, 0.1) is 9.58 Å². The zero-order valence-electron chi connectivity index (χ0n) is 10.9. The summed E-state index contributed by atoms with van der Waals surface area (Å²) in [5.74, 6) is 1.15. The Morgan fingerprint density at radius 1 is 1.33 bits per heavy atom. The van der Waals surface area contributed by atoms with Crippen LogP contribution in [0.3, 0.4) is 0 Å². The normalized spacial score (nSPS) is 10.8. The highest BCUT2D eigenvalue weighted by Gasteiger charge is 2.15. The van der Waals surface area contributed by atoms with Crippen molar-refractivity contribution in [3.8, 4) is 11.5 Å². The highest BCUT2D eigenvalue weighted by atomic mass is 79.9. The van der Waals surface area contributed by atoms with Gasteiger partial charge in [-0.25, -0.2) is 4.98 Å². The van der Waals surface area contributed by atoms with Gasteiger partial charge in [0.1, 0.15) is 5.75 Å². The lowest BCUT2D eigenvalue weighted by molar-refractivity contribution is 0.102. The lowest BCUT2D eigenvalue weighted by Crippen LogP contribution is -1.88. The van der Waals surface area contributed by atoms with Gasteiger partial charge in [-0.1, -0.05) is 27.5 Å². The highest BCUT2D eigenvalue weighted by molar-refractivity contribution is 9.10. The van der Waals surface area contributed by atoms with Crippen molar-refractivity contribution < 1.29 is 9.53 Å². The number of carbonyl (C=O) groups is 1. The van der Waals surface area contributed by atoms with Crippen LogP contribution in [0, 0.1) is 0 Å². The monoisotopic (exact) mass is 381 g/mol. The number of hydrogen-bond donors (Lipinski definition) is 0. The smallest absolute Gasteiger partial charge is 0.173 e. The lowest BCUT2D eigenvalue weighted by Gasteiger charge is -2.08. The maximum atomic E-state index is 11.5. The zero-order chi connectivity index (χ0) is 15.0. The van der Waals surface area contributed by atoms with Crippen molar-refractivity contribution >= 4 is 54.7 Å². The summed E-state index contributed by atoms with van der Waals surface area (Å²) in [5.41, 5.74) is 0. The molecule has 0 amide bonds. The molecule has 2 aromatic heterocycles. The number of fused-ring (bicyclic) bond motifs is 1. The van der Waals surface area contributed by atoms with Crippen molar-refractivity contribution in [1.29, 1.82) is 0 Å². The lowest BCUT2D eigenvalue weighted by atomic mass is 10.2. The Morgan fingerprint density at radius 3 is 2.71 bits per heavy atom. The SMILES string of the molecule is CC(=O)c1cc2c(Oc3ccc(Br)cc3)c(Cl)ncc2s1. The molecule has 0 atom stereocenters. The first-order chi connectivity index (χ1) is 10.0. The van der Waals surface area contributed by atoms with Crippen LogP contribution >= 0.6 is 38.9 Å². The van der Waals surface area contributed by atoms with Crippen LogP contribution in [-0.4, -0.2) is 10.8 Å². The topological polar surface area (TPSA) is 39.2 Å². The molecule has 2 heterocycles. The number of carbonyl (C=O) groups excluding carboxylic acids is 1. The van der Waals surface area contributed by atoms with Crippen LogP contribution in [0.1, 0.15) is 16.6 Å². The van der Waals surface area contributed by atoms with Gasteiger partial charge in [0.15, 0.2) is 16.7 Å². The number of ketones is 1. The summed E-state index contributed by atoms with van der Waals surface area (Å²) < 4.78 is 7.69. The van der Waals surface area contributed by atoms with E-state index in [-0.39, 0.29) is 10.9 Å². The Hall–Kier alpha value is -1.43. The molecule has 0 unspecified atom stereocenters. The van der Waals surface area contributed by atoms with Gasteiger partial charge in [0, 0.05) is 16.1 Å². The molecule has 6 heteroatoms. The molecule has 0 aliphatic carbocycles. The Kier molecular flexibility index (Phi) is 3.97. The minimum atomic E-state index is 0.0157. The minimum absolute atomic E-state index is 0.0157. The molecule has 0 N–H and O–H groups in total. The largest absolute Gasteiger partial charge is 0.453 e. The number of pyridine rings is 1. The van der Waals surface area contributed by atoms with Crippen LogP contribution in [0.15, 0.2) is 41.0 Å². The summed E-state index contributed by atoms with van der Waals surface area (Å²) in [5, 5.41) is 1.08. The fourth-order valence-electron chi connectivity index (χ4n) is 1.85. The van der Waals surface area contributed by atoms with E-state index in [9.17, 15) is 4.79 Å². The molecule has 0 aliphatic rings. The first kappa shape index (κ1) is 14.5. The number of rotatable bonds is 3. The predicted molar refractivity (Wildman–Crippen MR) is 88.9 cm³/mol. The number of hydrogen-bond acceptors (Lipinski definition) is 4. The van der Waals surface area contributed by atoms with Crippen molar-refractivity contribution in [3.05, 3.63) is 51.0 Å². The molecule has 0 spiro atoms. The summed E-state index contributed by atoms with van der Waals surface area (Å²) in [4.78, 5) is 16.3. The van der Waals surface area contributed by atoms with Crippen LogP contribution in [0.2, 0.25) is 5.15 Å². The van der Waals surface area contributed by atoms with Crippen LogP contribution in [-0.2, 0) is 0 Å². The van der Waals surface area contributed by atoms with Crippen LogP contribution in [0.4, 0.5) is 0 Å². The number of ether oxygens (including phenoxy) is 1. The van der Waals surface area contributed by atoms with Crippen molar-refractivity contribution in [2.75, 3.05) is 0 Å². The van der Waals surface area contributed by atoms with Crippen molar-refractivity contribution in [3.63, 3.8) is 0 Å². The van der Waals surface area contributed by atoms with E-state index in [4.69, 9.17) is 16.3 Å². The quantitative estimate of drug-likeness (QED) is 0.430. The Bertz CT molecular complexity index is 830. The van der Waals surface area contributed by atoms with E-state index in [2.05, 4.69) is 20.9 Å². The van der Waals surface area contributed by atoms with E-state index in [1.165, 1.54) is 18.3 Å². The Morgan fingerprint density at radius 2 is 2.05 bits per heavy atom. The van der Waals surface area contributed by atoms with Gasteiger partial charge < -0.3 is 4.74 Å². The average Bonchev–Trinajstić information content (AvgIpc) is 2.89. The minimum Gasteiger partial charge on any atom is -0.453 e. The van der Waals surface area contributed by atoms with Crippen molar-refractivity contribution in [2.45, 2.75) is 6.92 Å². The van der Waals surface area contributed by atoms with E-state index in [0.717, 1.165) is 14.6 Å². The molecule has 0 aliphatic heterocycles. The third-order valence-corrected chi connectivity index (χ3v) is 4.84. The van der Waals surface area contributed by atoms with Gasteiger partial charge in [-0.15, -0.1) is 11.3 Å². The van der Waals surface area contributed by atoms with Crippen molar-refractivity contribution in [1.82, 2.24) is 4.98 Å². The van der Waals surface area contributed by atoms with Gasteiger partial charge in [-0.2, -0.15) is 0 Å². The maximum Gasteiger partial charge on any atom is 0.173 e. The third-order valence-electron chi connectivity index (χ3n) is 2.87. The molecule has 0 fully saturated rings. The average molecular weight is 383 g/mol. The second-order valence-electron chi connectivity index (χ2n) is 4.38. The van der Waals surface area contributed by atoms with E-state index in [1.54, 1.807) is 12.3 Å².